The van der Waals surface area contributed by atoms with Crippen LogP contribution in [0.5, 0.6) is 0 Å². The van der Waals surface area contributed by atoms with E-state index in [0.717, 1.165) is 0 Å². The summed E-state index contributed by atoms with van der Waals surface area (Å²) in [6.45, 7) is 6.90. The van der Waals surface area contributed by atoms with E-state index in [9.17, 15) is 0 Å². The highest BCUT2D eigenvalue weighted by Crippen LogP contribution is 2.21. The Balaban J connectivity index is 2.06. The molecule has 4 nitrogen and oxygen atoms in total. The van der Waals surface area contributed by atoms with Gasteiger partial charge in [0.2, 0.25) is 5.89 Å². The fraction of sp³-hybridized carbons (Fsp3) is 0.429. The van der Waals surface area contributed by atoms with Crippen LogP contribution in [0.1, 0.15) is 44.0 Å². The molecule has 0 radical (unpaired) electrons. The Kier molecular flexibility index (Phi) is 4.10. The molecule has 0 saturated heterocycles. The molecule has 0 aliphatic rings. The molecule has 18 heavy (non-hydrogen) atoms. The lowest BCUT2D eigenvalue weighted by molar-refractivity contribution is 0.363. The van der Waals surface area contributed by atoms with Crippen molar-refractivity contribution >= 4 is 0 Å². The first-order valence-corrected chi connectivity index (χ1v) is 6.27. The van der Waals surface area contributed by atoms with Crippen molar-refractivity contribution in [3.63, 3.8) is 0 Å². The summed E-state index contributed by atoms with van der Waals surface area (Å²) in [4.78, 5) is 4.42. The molecule has 1 atom stereocenters. The molecular weight excluding hydrogens is 226 g/mol. The third kappa shape index (κ3) is 3.17. The van der Waals surface area contributed by atoms with Gasteiger partial charge >= 0.3 is 0 Å². The van der Waals surface area contributed by atoms with Gasteiger partial charge in [-0.05, 0) is 12.5 Å². The fourth-order valence-corrected chi connectivity index (χ4v) is 1.69. The normalized spacial score (nSPS) is 12.9. The lowest BCUT2D eigenvalue weighted by Crippen LogP contribution is -2.22. The fourth-order valence-electron chi connectivity index (χ4n) is 1.69. The van der Waals surface area contributed by atoms with Crippen LogP contribution >= 0.6 is 0 Å². The van der Waals surface area contributed by atoms with Crippen molar-refractivity contribution in [2.45, 2.75) is 39.3 Å². The SMILES string of the molecule is CC(C)NCc1noc(C(C)c2ccccc2)n1. The van der Waals surface area contributed by atoms with Gasteiger partial charge < -0.3 is 9.84 Å². The summed E-state index contributed by atoms with van der Waals surface area (Å²) in [6.07, 6.45) is 0. The average Bonchev–Trinajstić information content (AvgIpc) is 2.85. The summed E-state index contributed by atoms with van der Waals surface area (Å²) >= 11 is 0. The number of rotatable bonds is 5. The van der Waals surface area contributed by atoms with Crippen LogP contribution in [0, 0.1) is 0 Å². The largest absolute Gasteiger partial charge is 0.339 e. The summed E-state index contributed by atoms with van der Waals surface area (Å²) in [5, 5.41) is 7.25. The van der Waals surface area contributed by atoms with Crippen LogP contribution in [-0.4, -0.2) is 16.2 Å². The van der Waals surface area contributed by atoms with Crippen molar-refractivity contribution in [2.24, 2.45) is 0 Å². The van der Waals surface area contributed by atoms with E-state index < -0.39 is 0 Å². The van der Waals surface area contributed by atoms with E-state index >= 15 is 0 Å². The Labute approximate surface area is 107 Å². The number of aromatic nitrogens is 2. The topological polar surface area (TPSA) is 51.0 Å². The molecule has 1 aromatic heterocycles. The average molecular weight is 245 g/mol. The zero-order chi connectivity index (χ0) is 13.0. The number of benzene rings is 1. The van der Waals surface area contributed by atoms with Gasteiger partial charge in [0.25, 0.3) is 0 Å². The molecule has 0 spiro atoms. The first kappa shape index (κ1) is 12.8. The van der Waals surface area contributed by atoms with Gasteiger partial charge in [0.1, 0.15) is 0 Å². The highest BCUT2D eigenvalue weighted by atomic mass is 16.5. The predicted octanol–water partition coefficient (Wildman–Crippen LogP) is 2.72. The van der Waals surface area contributed by atoms with E-state index in [1.807, 2.05) is 18.2 Å². The minimum Gasteiger partial charge on any atom is -0.339 e. The van der Waals surface area contributed by atoms with Crippen molar-refractivity contribution in [3.05, 3.63) is 47.6 Å². The monoisotopic (exact) mass is 245 g/mol. The second kappa shape index (κ2) is 5.78. The van der Waals surface area contributed by atoms with E-state index in [1.54, 1.807) is 0 Å². The van der Waals surface area contributed by atoms with Crippen molar-refractivity contribution in [3.8, 4) is 0 Å². The van der Waals surface area contributed by atoms with E-state index in [-0.39, 0.29) is 5.92 Å². The molecule has 0 aliphatic heterocycles. The van der Waals surface area contributed by atoms with E-state index in [1.165, 1.54) is 5.56 Å². The molecule has 0 amide bonds. The lowest BCUT2D eigenvalue weighted by atomic mass is 10.0. The highest BCUT2D eigenvalue weighted by molar-refractivity contribution is 5.23. The lowest BCUT2D eigenvalue weighted by Gasteiger charge is -2.05. The van der Waals surface area contributed by atoms with Crippen LogP contribution in [0.3, 0.4) is 0 Å². The van der Waals surface area contributed by atoms with Crippen LogP contribution in [0.4, 0.5) is 0 Å². The van der Waals surface area contributed by atoms with E-state index in [2.05, 4.69) is 48.4 Å². The minimum absolute atomic E-state index is 0.131. The summed E-state index contributed by atoms with van der Waals surface area (Å²) < 4.78 is 5.31. The van der Waals surface area contributed by atoms with Crippen LogP contribution in [0.25, 0.3) is 0 Å². The molecule has 96 valence electrons. The molecule has 2 aromatic rings. The molecule has 0 aliphatic carbocycles. The van der Waals surface area contributed by atoms with Crippen molar-refractivity contribution in [1.82, 2.24) is 15.5 Å². The van der Waals surface area contributed by atoms with Crippen LogP contribution in [-0.2, 0) is 6.54 Å². The number of nitrogens with zero attached hydrogens (tertiary/aromatic N) is 2. The van der Waals surface area contributed by atoms with Crippen molar-refractivity contribution in [2.75, 3.05) is 0 Å². The van der Waals surface area contributed by atoms with Crippen LogP contribution in [0.15, 0.2) is 34.9 Å². The minimum atomic E-state index is 0.131. The quantitative estimate of drug-likeness (QED) is 0.880. The van der Waals surface area contributed by atoms with Crippen molar-refractivity contribution < 1.29 is 4.52 Å². The maximum Gasteiger partial charge on any atom is 0.233 e. The molecule has 1 aromatic carbocycles. The molecule has 0 fully saturated rings. The molecule has 4 heteroatoms. The second-order valence-corrected chi connectivity index (χ2v) is 4.72. The molecule has 1 unspecified atom stereocenters. The van der Waals surface area contributed by atoms with Gasteiger partial charge in [-0.15, -0.1) is 0 Å². The third-order valence-electron chi connectivity index (χ3n) is 2.82. The zero-order valence-corrected chi connectivity index (χ0v) is 11.1. The van der Waals surface area contributed by atoms with E-state index in [0.29, 0.717) is 24.3 Å². The molecule has 0 saturated carbocycles. The Morgan fingerprint density at radius 3 is 2.56 bits per heavy atom. The number of nitrogens with one attached hydrogen (secondary N) is 1. The van der Waals surface area contributed by atoms with Crippen molar-refractivity contribution in [1.29, 1.82) is 0 Å². The summed E-state index contributed by atoms with van der Waals surface area (Å²) in [7, 11) is 0. The van der Waals surface area contributed by atoms with Gasteiger partial charge in [0.15, 0.2) is 5.82 Å². The summed E-state index contributed by atoms with van der Waals surface area (Å²) in [5.41, 5.74) is 1.18. The summed E-state index contributed by atoms with van der Waals surface area (Å²) in [5.74, 6) is 1.51. The molecule has 2 rings (SSSR count). The Hall–Kier alpha value is -1.68. The van der Waals surface area contributed by atoms with Crippen LogP contribution in [0.2, 0.25) is 0 Å². The smallest absolute Gasteiger partial charge is 0.233 e. The van der Waals surface area contributed by atoms with Gasteiger partial charge in [-0.2, -0.15) is 4.98 Å². The first-order chi connectivity index (χ1) is 8.66. The molecule has 0 bridgehead atoms. The zero-order valence-electron chi connectivity index (χ0n) is 11.1. The summed E-state index contributed by atoms with van der Waals surface area (Å²) in [6, 6.07) is 10.6. The standard InChI is InChI=1S/C14H19N3O/c1-10(2)15-9-13-16-14(18-17-13)11(3)12-7-5-4-6-8-12/h4-8,10-11,15H,9H2,1-3H3. The van der Waals surface area contributed by atoms with Gasteiger partial charge in [0, 0.05) is 6.04 Å². The Bertz CT molecular complexity index is 479. The number of hydrogen-bond acceptors (Lipinski definition) is 4. The molecular formula is C14H19N3O. The number of hydrogen-bond donors (Lipinski definition) is 1. The maximum atomic E-state index is 5.31. The molecule has 1 heterocycles. The van der Waals surface area contributed by atoms with Gasteiger partial charge in [0.05, 0.1) is 12.5 Å². The highest BCUT2D eigenvalue weighted by Gasteiger charge is 2.15. The first-order valence-electron chi connectivity index (χ1n) is 6.27. The Morgan fingerprint density at radius 1 is 1.17 bits per heavy atom. The van der Waals surface area contributed by atoms with Crippen LogP contribution < -0.4 is 5.32 Å². The maximum absolute atomic E-state index is 5.31. The van der Waals surface area contributed by atoms with Gasteiger partial charge in [-0.25, -0.2) is 0 Å². The molecule has 1 N–H and O–H groups in total. The Morgan fingerprint density at radius 2 is 1.89 bits per heavy atom. The third-order valence-corrected chi connectivity index (χ3v) is 2.82. The van der Waals surface area contributed by atoms with Gasteiger partial charge in [-0.3, -0.25) is 0 Å². The second-order valence-electron chi connectivity index (χ2n) is 4.72. The predicted molar refractivity (Wildman–Crippen MR) is 70.2 cm³/mol. The van der Waals surface area contributed by atoms with E-state index in [4.69, 9.17) is 4.52 Å². The van der Waals surface area contributed by atoms with Gasteiger partial charge in [-0.1, -0.05) is 49.3 Å².